The van der Waals surface area contributed by atoms with Gasteiger partial charge in [0.15, 0.2) is 0 Å². The monoisotopic (exact) mass is 366 g/mol. The third kappa shape index (κ3) is 4.67. The van der Waals surface area contributed by atoms with Gasteiger partial charge in [0, 0.05) is 30.3 Å². The van der Waals surface area contributed by atoms with Crippen molar-refractivity contribution in [2.45, 2.75) is 26.7 Å². The molecule has 0 spiro atoms. The molecule has 27 heavy (non-hydrogen) atoms. The number of nitrogens with zero attached hydrogens (tertiary/aromatic N) is 1. The summed E-state index contributed by atoms with van der Waals surface area (Å²) >= 11 is 0. The maximum absolute atomic E-state index is 12.6. The number of hydrogen-bond donors (Lipinski definition) is 1. The van der Waals surface area contributed by atoms with Crippen molar-refractivity contribution < 1.29 is 14.3 Å². The summed E-state index contributed by atoms with van der Waals surface area (Å²) in [5.41, 5.74) is 3.75. The molecule has 2 amide bonds. The predicted octanol–water partition coefficient (Wildman–Crippen LogP) is 3.80. The SMILES string of the molecule is COc1ccc(C(=O)N2CCC(C(=O)Nc3cc(C)cc(C)c3)CC2)cc1. The van der Waals surface area contributed by atoms with E-state index in [1.807, 2.05) is 30.9 Å². The van der Waals surface area contributed by atoms with Crippen molar-refractivity contribution in [2.75, 3.05) is 25.5 Å². The van der Waals surface area contributed by atoms with Gasteiger partial charge in [0.1, 0.15) is 5.75 Å². The fourth-order valence-corrected chi connectivity index (χ4v) is 3.55. The highest BCUT2D eigenvalue weighted by Gasteiger charge is 2.28. The standard InChI is InChI=1S/C22H26N2O3/c1-15-12-16(2)14-19(13-15)23-21(25)17-8-10-24(11-9-17)22(26)18-4-6-20(27-3)7-5-18/h4-7,12-14,17H,8-11H2,1-3H3,(H,23,25). The number of piperidine rings is 1. The number of ether oxygens (including phenoxy) is 1. The lowest BCUT2D eigenvalue weighted by molar-refractivity contribution is -0.121. The third-order valence-corrected chi connectivity index (χ3v) is 4.98. The minimum Gasteiger partial charge on any atom is -0.497 e. The van der Waals surface area contributed by atoms with Crippen molar-refractivity contribution in [3.05, 3.63) is 59.2 Å². The number of amides is 2. The molecule has 1 fully saturated rings. The summed E-state index contributed by atoms with van der Waals surface area (Å²) in [4.78, 5) is 27.0. The van der Waals surface area contributed by atoms with Gasteiger partial charge in [-0.1, -0.05) is 6.07 Å². The largest absolute Gasteiger partial charge is 0.497 e. The molecule has 2 aromatic carbocycles. The van der Waals surface area contributed by atoms with Gasteiger partial charge in [0.2, 0.25) is 5.91 Å². The topological polar surface area (TPSA) is 58.6 Å². The van der Waals surface area contributed by atoms with Crippen LogP contribution in [-0.2, 0) is 4.79 Å². The maximum Gasteiger partial charge on any atom is 0.253 e. The Balaban J connectivity index is 1.56. The molecule has 5 nitrogen and oxygen atoms in total. The first-order chi connectivity index (χ1) is 13.0. The molecule has 3 rings (SSSR count). The molecule has 2 aromatic rings. The van der Waals surface area contributed by atoms with Gasteiger partial charge >= 0.3 is 0 Å². The van der Waals surface area contributed by atoms with E-state index in [0.29, 0.717) is 31.5 Å². The van der Waals surface area contributed by atoms with Crippen LogP contribution in [0, 0.1) is 19.8 Å². The molecular weight excluding hydrogens is 340 g/mol. The zero-order valence-electron chi connectivity index (χ0n) is 16.1. The summed E-state index contributed by atoms with van der Waals surface area (Å²) < 4.78 is 5.13. The van der Waals surface area contributed by atoms with Gasteiger partial charge in [-0.15, -0.1) is 0 Å². The van der Waals surface area contributed by atoms with Crippen LogP contribution in [-0.4, -0.2) is 36.9 Å². The number of likely N-dealkylation sites (tertiary alicyclic amines) is 1. The van der Waals surface area contributed by atoms with Crippen LogP contribution in [0.15, 0.2) is 42.5 Å². The van der Waals surface area contributed by atoms with E-state index in [1.165, 1.54) is 0 Å². The van der Waals surface area contributed by atoms with Crippen LogP contribution in [0.25, 0.3) is 0 Å². The smallest absolute Gasteiger partial charge is 0.253 e. The third-order valence-electron chi connectivity index (χ3n) is 4.98. The zero-order valence-corrected chi connectivity index (χ0v) is 16.1. The van der Waals surface area contributed by atoms with Crippen molar-refractivity contribution in [3.63, 3.8) is 0 Å². The number of aryl methyl sites for hydroxylation is 2. The van der Waals surface area contributed by atoms with E-state index in [-0.39, 0.29) is 17.7 Å². The van der Waals surface area contributed by atoms with Gasteiger partial charge in [-0.05, 0) is 74.2 Å². The molecule has 0 saturated carbocycles. The lowest BCUT2D eigenvalue weighted by Crippen LogP contribution is -2.41. The highest BCUT2D eigenvalue weighted by molar-refractivity contribution is 5.95. The molecule has 0 radical (unpaired) electrons. The number of carbonyl (C=O) groups is 2. The van der Waals surface area contributed by atoms with Crippen LogP contribution >= 0.6 is 0 Å². The molecule has 0 aliphatic carbocycles. The lowest BCUT2D eigenvalue weighted by atomic mass is 9.95. The molecule has 0 atom stereocenters. The first-order valence-electron chi connectivity index (χ1n) is 9.29. The van der Waals surface area contributed by atoms with Gasteiger partial charge in [-0.2, -0.15) is 0 Å². The second-order valence-electron chi connectivity index (χ2n) is 7.16. The van der Waals surface area contributed by atoms with Crippen LogP contribution in [0.5, 0.6) is 5.75 Å². The second kappa shape index (κ2) is 8.25. The van der Waals surface area contributed by atoms with E-state index >= 15 is 0 Å². The highest BCUT2D eigenvalue weighted by Crippen LogP contribution is 2.22. The Morgan fingerprint density at radius 2 is 1.59 bits per heavy atom. The maximum atomic E-state index is 12.6. The number of rotatable bonds is 4. The van der Waals surface area contributed by atoms with Crippen LogP contribution < -0.4 is 10.1 Å². The summed E-state index contributed by atoms with van der Waals surface area (Å²) in [5.74, 6) is 0.710. The first-order valence-corrected chi connectivity index (χ1v) is 9.29. The first kappa shape index (κ1) is 19.0. The van der Waals surface area contributed by atoms with E-state index in [1.54, 1.807) is 31.4 Å². The van der Waals surface area contributed by atoms with E-state index in [4.69, 9.17) is 4.74 Å². The zero-order chi connectivity index (χ0) is 19.4. The molecule has 1 aliphatic rings. The molecule has 1 saturated heterocycles. The fourth-order valence-electron chi connectivity index (χ4n) is 3.55. The van der Waals surface area contributed by atoms with Gasteiger partial charge in [0.05, 0.1) is 7.11 Å². The molecule has 1 N–H and O–H groups in total. The van der Waals surface area contributed by atoms with Gasteiger partial charge in [-0.3, -0.25) is 9.59 Å². The molecular formula is C22H26N2O3. The average Bonchev–Trinajstić information content (AvgIpc) is 2.67. The highest BCUT2D eigenvalue weighted by atomic mass is 16.5. The quantitative estimate of drug-likeness (QED) is 0.895. The van der Waals surface area contributed by atoms with Crippen molar-refractivity contribution in [1.82, 2.24) is 4.90 Å². The summed E-state index contributed by atoms with van der Waals surface area (Å²) in [6, 6.07) is 13.2. The Labute approximate surface area is 160 Å². The minimum atomic E-state index is -0.0641. The number of benzene rings is 2. The van der Waals surface area contributed by atoms with Crippen LogP contribution in [0.3, 0.4) is 0 Å². The van der Waals surface area contributed by atoms with E-state index in [9.17, 15) is 9.59 Å². The number of nitrogens with one attached hydrogen (secondary N) is 1. The van der Waals surface area contributed by atoms with Crippen LogP contribution in [0.1, 0.15) is 34.3 Å². The molecule has 1 aliphatic heterocycles. The van der Waals surface area contributed by atoms with Crippen molar-refractivity contribution >= 4 is 17.5 Å². The minimum absolute atomic E-state index is 0.00539. The Bertz CT molecular complexity index is 802. The number of hydrogen-bond acceptors (Lipinski definition) is 3. The van der Waals surface area contributed by atoms with E-state index in [2.05, 4.69) is 11.4 Å². The van der Waals surface area contributed by atoms with Crippen molar-refractivity contribution in [2.24, 2.45) is 5.92 Å². The molecule has 0 unspecified atom stereocenters. The van der Waals surface area contributed by atoms with Gasteiger partial charge in [-0.25, -0.2) is 0 Å². The number of carbonyl (C=O) groups excluding carboxylic acids is 2. The lowest BCUT2D eigenvalue weighted by Gasteiger charge is -2.31. The van der Waals surface area contributed by atoms with Crippen molar-refractivity contribution in [3.8, 4) is 5.75 Å². The second-order valence-corrected chi connectivity index (χ2v) is 7.16. The molecule has 5 heteroatoms. The Morgan fingerprint density at radius 3 is 2.15 bits per heavy atom. The fraction of sp³-hybridized carbons (Fsp3) is 0.364. The molecule has 1 heterocycles. The molecule has 0 aromatic heterocycles. The Morgan fingerprint density at radius 1 is 1.00 bits per heavy atom. The molecule has 142 valence electrons. The predicted molar refractivity (Wildman–Crippen MR) is 106 cm³/mol. The number of anilines is 1. The summed E-state index contributed by atoms with van der Waals surface area (Å²) in [5, 5.41) is 3.03. The normalized spacial score (nSPS) is 14.7. The van der Waals surface area contributed by atoms with Gasteiger partial charge < -0.3 is 15.0 Å². The Hall–Kier alpha value is -2.82. The molecule has 0 bridgehead atoms. The summed E-state index contributed by atoms with van der Waals surface area (Å²) in [7, 11) is 1.60. The summed E-state index contributed by atoms with van der Waals surface area (Å²) in [6.07, 6.45) is 1.36. The van der Waals surface area contributed by atoms with Crippen LogP contribution in [0.4, 0.5) is 5.69 Å². The summed E-state index contributed by atoms with van der Waals surface area (Å²) in [6.45, 7) is 5.23. The van der Waals surface area contributed by atoms with E-state index in [0.717, 1.165) is 22.6 Å². The van der Waals surface area contributed by atoms with E-state index < -0.39 is 0 Å². The van der Waals surface area contributed by atoms with Crippen LogP contribution in [0.2, 0.25) is 0 Å². The van der Waals surface area contributed by atoms with Crippen molar-refractivity contribution in [1.29, 1.82) is 0 Å². The Kier molecular flexibility index (Phi) is 5.79. The van der Waals surface area contributed by atoms with Gasteiger partial charge in [0.25, 0.3) is 5.91 Å². The number of methoxy groups -OCH3 is 1. The average molecular weight is 366 g/mol.